The molecular formula is C22H27N5O4S2. The van der Waals surface area contributed by atoms with Crippen molar-refractivity contribution in [3.05, 3.63) is 39.2 Å². The summed E-state index contributed by atoms with van der Waals surface area (Å²) in [7, 11) is 1.82. The number of anilines is 1. The zero-order chi connectivity index (χ0) is 24.3. The van der Waals surface area contributed by atoms with Gasteiger partial charge in [-0.1, -0.05) is 11.8 Å². The molecule has 1 N–H and O–H groups in total. The molecule has 0 saturated carbocycles. The van der Waals surface area contributed by atoms with Crippen molar-refractivity contribution in [1.82, 2.24) is 14.7 Å². The maximum absolute atomic E-state index is 12.8. The number of carbonyl (C=O) groups is 3. The maximum atomic E-state index is 12.8. The summed E-state index contributed by atoms with van der Waals surface area (Å²) in [5, 5.41) is 8.04. The Hall–Kier alpha value is -2.92. The molecule has 176 valence electrons. The minimum Gasteiger partial charge on any atom is -0.462 e. The molecule has 0 saturated heterocycles. The van der Waals surface area contributed by atoms with Gasteiger partial charge in [0.1, 0.15) is 10.7 Å². The second kappa shape index (κ2) is 10.3. The predicted molar refractivity (Wildman–Crippen MR) is 132 cm³/mol. The number of carbonyl (C=O) groups excluding carboxylic acids is 3. The number of thioether (sulfide) groups is 1. The summed E-state index contributed by atoms with van der Waals surface area (Å²) in [6.45, 7) is 9.88. The van der Waals surface area contributed by atoms with Crippen LogP contribution in [0.4, 0.5) is 5.00 Å². The van der Waals surface area contributed by atoms with E-state index < -0.39 is 5.97 Å². The summed E-state index contributed by atoms with van der Waals surface area (Å²) in [5.74, 6) is -0.915. The van der Waals surface area contributed by atoms with Crippen LogP contribution in [0.2, 0.25) is 0 Å². The minimum absolute atomic E-state index is 0.0417. The zero-order valence-corrected chi connectivity index (χ0v) is 21.1. The number of aryl methyl sites for hydroxylation is 3. The molecule has 2 aromatic heterocycles. The van der Waals surface area contributed by atoms with Crippen LogP contribution < -0.4 is 5.32 Å². The van der Waals surface area contributed by atoms with Crippen molar-refractivity contribution in [2.24, 2.45) is 12.0 Å². The lowest BCUT2D eigenvalue weighted by Crippen LogP contribution is -2.31. The number of nitrogens with one attached hydrogen (secondary N) is 1. The average molecular weight is 490 g/mol. The van der Waals surface area contributed by atoms with Crippen LogP contribution in [0.5, 0.6) is 0 Å². The fraction of sp³-hybridized carbons (Fsp3) is 0.409. The summed E-state index contributed by atoms with van der Waals surface area (Å²) in [6, 6.07) is 0. The molecular weight excluding hydrogens is 462 g/mol. The van der Waals surface area contributed by atoms with Crippen molar-refractivity contribution in [2.75, 3.05) is 24.2 Å². The van der Waals surface area contributed by atoms with E-state index >= 15 is 0 Å². The molecule has 0 aromatic carbocycles. The first-order valence-electron chi connectivity index (χ1n) is 10.5. The van der Waals surface area contributed by atoms with Crippen LogP contribution in [0.1, 0.15) is 45.9 Å². The number of nitrogens with zero attached hydrogens (tertiary/aromatic N) is 4. The van der Waals surface area contributed by atoms with Gasteiger partial charge in [0.05, 0.1) is 23.6 Å². The van der Waals surface area contributed by atoms with E-state index in [1.807, 2.05) is 40.9 Å². The molecule has 11 heteroatoms. The number of likely N-dealkylation sites (N-methyl/N-ethyl adjacent to an activating group) is 1. The molecule has 33 heavy (non-hydrogen) atoms. The van der Waals surface area contributed by atoms with Gasteiger partial charge in [0.2, 0.25) is 5.91 Å². The molecule has 0 fully saturated rings. The molecule has 0 radical (unpaired) electrons. The molecule has 0 bridgehead atoms. The fourth-order valence-corrected chi connectivity index (χ4v) is 5.21. The number of thiophene rings is 1. The van der Waals surface area contributed by atoms with Crippen molar-refractivity contribution in [2.45, 2.75) is 34.6 Å². The third-order valence-corrected chi connectivity index (χ3v) is 7.12. The van der Waals surface area contributed by atoms with Gasteiger partial charge >= 0.3 is 5.97 Å². The number of aliphatic imine (C=N–C) groups is 1. The van der Waals surface area contributed by atoms with E-state index in [0.717, 1.165) is 21.7 Å². The first-order valence-corrected chi connectivity index (χ1v) is 12.3. The lowest BCUT2D eigenvalue weighted by Gasteiger charge is -2.14. The highest BCUT2D eigenvalue weighted by Gasteiger charge is 2.30. The van der Waals surface area contributed by atoms with Gasteiger partial charge in [0, 0.05) is 30.2 Å². The number of amidine groups is 1. The smallest absolute Gasteiger partial charge is 0.341 e. The van der Waals surface area contributed by atoms with Crippen LogP contribution in [-0.4, -0.2) is 56.5 Å². The second-order valence-corrected chi connectivity index (χ2v) is 9.53. The van der Waals surface area contributed by atoms with E-state index in [-0.39, 0.29) is 24.2 Å². The molecule has 2 aromatic rings. The molecule has 0 aliphatic carbocycles. The number of rotatable bonds is 7. The highest BCUT2D eigenvalue weighted by atomic mass is 32.2. The monoisotopic (exact) mass is 489 g/mol. The summed E-state index contributed by atoms with van der Waals surface area (Å²) >= 11 is 2.52. The van der Waals surface area contributed by atoms with Gasteiger partial charge in [0.25, 0.3) is 5.91 Å². The number of esters is 1. The molecule has 1 aliphatic heterocycles. The van der Waals surface area contributed by atoms with E-state index in [1.165, 1.54) is 23.1 Å². The third kappa shape index (κ3) is 5.36. The zero-order valence-electron chi connectivity index (χ0n) is 19.5. The first kappa shape index (κ1) is 24.7. The molecule has 2 amide bonds. The van der Waals surface area contributed by atoms with E-state index in [2.05, 4.69) is 15.4 Å². The summed E-state index contributed by atoms with van der Waals surface area (Å²) in [5.41, 5.74) is 3.11. The number of hydrogen-bond acceptors (Lipinski definition) is 8. The number of ether oxygens (including phenoxy) is 1. The molecule has 3 rings (SSSR count). The van der Waals surface area contributed by atoms with Crippen LogP contribution >= 0.6 is 23.1 Å². The molecule has 3 heterocycles. The summed E-state index contributed by atoms with van der Waals surface area (Å²) in [6.07, 6.45) is 3.54. The van der Waals surface area contributed by atoms with Crippen molar-refractivity contribution >= 4 is 57.1 Å². The number of amides is 2. The first-order chi connectivity index (χ1) is 15.7. The standard InChI is InChI=1S/C22H27N5O4S2/c1-7-27-20(29)16(9-15-10-26(6)25-13(15)4)23-22(27)32-11-17(28)24-19-18(21(30)31-8-2)12(3)14(5)33-19/h9-10H,7-8,11H2,1-6H3,(H,24,28). The van der Waals surface area contributed by atoms with Gasteiger partial charge in [-0.15, -0.1) is 11.3 Å². The number of hydrogen-bond donors (Lipinski definition) is 1. The van der Waals surface area contributed by atoms with Gasteiger partial charge in [0.15, 0.2) is 5.17 Å². The van der Waals surface area contributed by atoms with Crippen LogP contribution in [0, 0.1) is 20.8 Å². The van der Waals surface area contributed by atoms with E-state index in [4.69, 9.17) is 4.74 Å². The van der Waals surface area contributed by atoms with Crippen molar-refractivity contribution in [3.63, 3.8) is 0 Å². The normalized spacial score (nSPS) is 14.7. The Morgan fingerprint density at radius 3 is 2.61 bits per heavy atom. The molecule has 0 unspecified atom stereocenters. The average Bonchev–Trinajstić information content (AvgIpc) is 3.33. The van der Waals surface area contributed by atoms with Gasteiger partial charge in [-0.2, -0.15) is 5.10 Å². The highest BCUT2D eigenvalue weighted by molar-refractivity contribution is 8.14. The molecule has 0 atom stereocenters. The Balaban J connectivity index is 1.73. The van der Waals surface area contributed by atoms with E-state index in [0.29, 0.717) is 28.0 Å². The lowest BCUT2D eigenvalue weighted by atomic mass is 10.1. The van der Waals surface area contributed by atoms with Crippen LogP contribution in [0.25, 0.3) is 6.08 Å². The van der Waals surface area contributed by atoms with E-state index in [9.17, 15) is 14.4 Å². The largest absolute Gasteiger partial charge is 0.462 e. The predicted octanol–water partition coefficient (Wildman–Crippen LogP) is 3.51. The van der Waals surface area contributed by atoms with Gasteiger partial charge in [-0.05, 0) is 46.3 Å². The quantitative estimate of drug-likeness (QED) is 0.471. The summed E-state index contributed by atoms with van der Waals surface area (Å²) < 4.78 is 6.81. The molecule has 0 spiro atoms. The molecule has 9 nitrogen and oxygen atoms in total. The third-order valence-electron chi connectivity index (χ3n) is 5.02. The van der Waals surface area contributed by atoms with Gasteiger partial charge in [-0.3, -0.25) is 19.2 Å². The Morgan fingerprint density at radius 2 is 2.00 bits per heavy atom. The Morgan fingerprint density at radius 1 is 1.27 bits per heavy atom. The van der Waals surface area contributed by atoms with Crippen LogP contribution in [-0.2, 0) is 21.4 Å². The fourth-order valence-electron chi connectivity index (χ4n) is 3.28. The topological polar surface area (TPSA) is 106 Å². The van der Waals surface area contributed by atoms with Gasteiger partial charge < -0.3 is 10.1 Å². The Bertz CT molecular complexity index is 1160. The SMILES string of the molecule is CCOC(=O)c1c(NC(=O)CSC2=NC(=Cc3cn(C)nc3C)C(=O)N2CC)sc(C)c1C. The maximum Gasteiger partial charge on any atom is 0.341 e. The Labute approximate surface area is 200 Å². The van der Waals surface area contributed by atoms with Gasteiger partial charge in [-0.25, -0.2) is 9.79 Å². The minimum atomic E-state index is -0.453. The summed E-state index contributed by atoms with van der Waals surface area (Å²) in [4.78, 5) is 44.7. The Kier molecular flexibility index (Phi) is 7.75. The van der Waals surface area contributed by atoms with Crippen LogP contribution in [0.3, 0.4) is 0 Å². The van der Waals surface area contributed by atoms with Crippen molar-refractivity contribution < 1.29 is 19.1 Å². The highest BCUT2D eigenvalue weighted by Crippen LogP contribution is 2.33. The van der Waals surface area contributed by atoms with E-state index in [1.54, 1.807) is 22.6 Å². The number of aromatic nitrogens is 2. The lowest BCUT2D eigenvalue weighted by molar-refractivity contribution is -0.122. The molecule has 1 aliphatic rings. The van der Waals surface area contributed by atoms with Crippen LogP contribution in [0.15, 0.2) is 16.9 Å². The van der Waals surface area contributed by atoms with Crippen molar-refractivity contribution in [1.29, 1.82) is 0 Å². The van der Waals surface area contributed by atoms with Crippen molar-refractivity contribution in [3.8, 4) is 0 Å². The second-order valence-electron chi connectivity index (χ2n) is 7.36.